The number of imide groups is 1. The first-order valence-corrected chi connectivity index (χ1v) is 10.1. The zero-order chi connectivity index (χ0) is 23.8. The number of phenols is 2. The zero-order valence-corrected chi connectivity index (χ0v) is 16.7. The standard InChI is InChI=1S/C15H16N6O10S/c22-9-2-1-7(5-10(9)23)11(24)17-20-3-4-21(15(20)29)32(30,31)18-13(26)19-6-8(12(19)25)16-14(27)28/h1-2,5,8,16,22-23H,3-4,6H2,(H,17,24)(H,18,26)(H,27,28). The van der Waals surface area contributed by atoms with Crippen LogP contribution in [-0.2, 0) is 15.0 Å². The molecule has 7 amide bonds. The van der Waals surface area contributed by atoms with E-state index in [4.69, 9.17) is 5.11 Å². The number of nitrogens with one attached hydrogen (secondary N) is 3. The number of phenolic OH excluding ortho intramolecular Hbond substituents is 2. The minimum atomic E-state index is -4.75. The lowest BCUT2D eigenvalue weighted by atomic mass is 10.1. The molecule has 0 saturated carbocycles. The van der Waals surface area contributed by atoms with E-state index in [1.54, 1.807) is 0 Å². The van der Waals surface area contributed by atoms with E-state index in [1.165, 1.54) is 4.72 Å². The van der Waals surface area contributed by atoms with Crippen molar-refractivity contribution in [1.29, 1.82) is 0 Å². The van der Waals surface area contributed by atoms with Crippen molar-refractivity contribution in [2.24, 2.45) is 0 Å². The van der Waals surface area contributed by atoms with Crippen LogP contribution in [0.15, 0.2) is 18.2 Å². The molecule has 32 heavy (non-hydrogen) atoms. The number of carboxylic acid groups (broad SMARTS) is 1. The summed E-state index contributed by atoms with van der Waals surface area (Å²) >= 11 is 0. The summed E-state index contributed by atoms with van der Waals surface area (Å²) in [6.07, 6.45) is -1.50. The minimum Gasteiger partial charge on any atom is -0.504 e. The molecule has 0 radical (unpaired) electrons. The van der Waals surface area contributed by atoms with Crippen LogP contribution in [0.4, 0.5) is 14.4 Å². The molecular formula is C15H16N6O10S. The van der Waals surface area contributed by atoms with Crippen molar-refractivity contribution in [2.75, 3.05) is 19.6 Å². The maximum Gasteiger partial charge on any atom is 0.405 e. The van der Waals surface area contributed by atoms with E-state index < -0.39 is 70.8 Å². The number of hydrogen-bond donors (Lipinski definition) is 6. The molecule has 16 nitrogen and oxygen atoms in total. The highest BCUT2D eigenvalue weighted by Crippen LogP contribution is 2.25. The Morgan fingerprint density at radius 2 is 1.75 bits per heavy atom. The molecule has 0 aromatic heterocycles. The van der Waals surface area contributed by atoms with Crippen LogP contribution in [0.5, 0.6) is 11.5 Å². The molecule has 2 aliphatic rings. The molecule has 0 bridgehead atoms. The Morgan fingerprint density at radius 1 is 1.06 bits per heavy atom. The number of hydrazine groups is 1. The van der Waals surface area contributed by atoms with Gasteiger partial charge >= 0.3 is 28.4 Å². The molecular weight excluding hydrogens is 456 g/mol. The van der Waals surface area contributed by atoms with Gasteiger partial charge in [-0.15, -0.1) is 0 Å². The lowest BCUT2D eigenvalue weighted by Gasteiger charge is -2.36. The van der Waals surface area contributed by atoms with Gasteiger partial charge in [0.1, 0.15) is 6.04 Å². The van der Waals surface area contributed by atoms with Crippen LogP contribution in [0.2, 0.25) is 0 Å². The highest BCUT2D eigenvalue weighted by molar-refractivity contribution is 7.88. The van der Waals surface area contributed by atoms with Gasteiger partial charge in [-0.2, -0.15) is 8.42 Å². The topological polar surface area (TPSA) is 226 Å². The molecule has 1 unspecified atom stereocenters. The van der Waals surface area contributed by atoms with Crippen LogP contribution in [0, 0.1) is 0 Å². The molecule has 3 rings (SSSR count). The average molecular weight is 472 g/mol. The largest absolute Gasteiger partial charge is 0.504 e. The Labute approximate surface area is 179 Å². The van der Waals surface area contributed by atoms with Gasteiger partial charge < -0.3 is 20.6 Å². The van der Waals surface area contributed by atoms with E-state index in [-0.39, 0.29) is 16.4 Å². The van der Waals surface area contributed by atoms with Gasteiger partial charge in [0.2, 0.25) is 0 Å². The van der Waals surface area contributed by atoms with Crippen LogP contribution >= 0.6 is 0 Å². The first-order chi connectivity index (χ1) is 14.9. The van der Waals surface area contributed by atoms with Crippen LogP contribution in [0.1, 0.15) is 10.4 Å². The number of rotatable bonds is 5. The summed E-state index contributed by atoms with van der Waals surface area (Å²) in [4.78, 5) is 59.3. The summed E-state index contributed by atoms with van der Waals surface area (Å²) in [6.45, 7) is -1.13. The second kappa shape index (κ2) is 8.10. The SMILES string of the molecule is O=C(O)NC1CN(C(=O)NS(=O)(=O)N2CCN(NC(=O)c3ccc(O)c(O)c3)C2=O)C1=O. The number of β-lactam (4-membered cyclic amide) rings is 1. The number of amides is 7. The monoisotopic (exact) mass is 472 g/mol. The minimum absolute atomic E-state index is 0.136. The fourth-order valence-electron chi connectivity index (χ4n) is 2.78. The quantitative estimate of drug-likeness (QED) is 0.202. The summed E-state index contributed by atoms with van der Waals surface area (Å²) in [6, 6.07) is -0.669. The Bertz CT molecular complexity index is 1120. The number of benzene rings is 1. The highest BCUT2D eigenvalue weighted by Gasteiger charge is 2.45. The lowest BCUT2D eigenvalue weighted by Crippen LogP contribution is -2.67. The van der Waals surface area contributed by atoms with Gasteiger partial charge in [-0.3, -0.25) is 19.9 Å². The normalized spacial score (nSPS) is 18.2. The summed E-state index contributed by atoms with van der Waals surface area (Å²) in [5, 5.41) is 29.8. The summed E-state index contributed by atoms with van der Waals surface area (Å²) in [5.41, 5.74) is 1.99. The van der Waals surface area contributed by atoms with E-state index in [0.29, 0.717) is 9.91 Å². The van der Waals surface area contributed by atoms with Crippen molar-refractivity contribution in [3.8, 4) is 11.5 Å². The van der Waals surface area contributed by atoms with Crippen LogP contribution < -0.4 is 15.5 Å². The van der Waals surface area contributed by atoms with Gasteiger partial charge in [-0.1, -0.05) is 0 Å². The maximum absolute atomic E-state index is 12.4. The van der Waals surface area contributed by atoms with Crippen molar-refractivity contribution in [2.45, 2.75) is 6.04 Å². The van der Waals surface area contributed by atoms with E-state index in [9.17, 15) is 42.6 Å². The molecule has 17 heteroatoms. The Morgan fingerprint density at radius 3 is 2.34 bits per heavy atom. The van der Waals surface area contributed by atoms with E-state index in [1.807, 2.05) is 5.32 Å². The number of urea groups is 2. The molecule has 0 spiro atoms. The third-order valence-corrected chi connectivity index (χ3v) is 5.78. The van der Waals surface area contributed by atoms with Crippen molar-refractivity contribution in [3.05, 3.63) is 23.8 Å². The number of carbonyl (C=O) groups is 5. The average Bonchev–Trinajstić information content (AvgIpc) is 3.07. The maximum atomic E-state index is 12.4. The fourth-order valence-corrected chi connectivity index (χ4v) is 3.85. The molecule has 0 aliphatic carbocycles. The van der Waals surface area contributed by atoms with Crippen LogP contribution in [-0.4, -0.2) is 93.6 Å². The predicted octanol–water partition coefficient (Wildman–Crippen LogP) is -2.09. The van der Waals surface area contributed by atoms with E-state index in [0.717, 1.165) is 18.2 Å². The number of nitrogens with zero attached hydrogens (tertiary/aromatic N) is 3. The van der Waals surface area contributed by atoms with Crippen molar-refractivity contribution >= 4 is 40.2 Å². The van der Waals surface area contributed by atoms with Gasteiger partial charge in [-0.05, 0) is 18.2 Å². The lowest BCUT2D eigenvalue weighted by molar-refractivity contribution is -0.138. The highest BCUT2D eigenvalue weighted by atomic mass is 32.2. The summed E-state index contributed by atoms with van der Waals surface area (Å²) < 4.78 is 26.5. The molecule has 2 saturated heterocycles. The molecule has 1 aromatic carbocycles. The van der Waals surface area contributed by atoms with Gasteiger partial charge in [0.15, 0.2) is 11.5 Å². The van der Waals surface area contributed by atoms with Crippen molar-refractivity contribution in [1.82, 2.24) is 29.7 Å². The number of hydrogen-bond acceptors (Lipinski definition) is 9. The zero-order valence-electron chi connectivity index (χ0n) is 15.9. The molecule has 1 aromatic rings. The van der Waals surface area contributed by atoms with E-state index in [2.05, 4.69) is 5.43 Å². The summed E-state index contributed by atoms with van der Waals surface area (Å²) in [5.74, 6) is -2.92. The Balaban J connectivity index is 1.60. The summed E-state index contributed by atoms with van der Waals surface area (Å²) in [7, 11) is -4.75. The third-order valence-electron chi connectivity index (χ3n) is 4.42. The molecule has 1 atom stereocenters. The molecule has 6 N–H and O–H groups in total. The second-order valence-corrected chi connectivity index (χ2v) is 8.11. The van der Waals surface area contributed by atoms with Gasteiger partial charge in [0, 0.05) is 5.56 Å². The van der Waals surface area contributed by atoms with Crippen LogP contribution in [0.3, 0.4) is 0 Å². The molecule has 172 valence electrons. The van der Waals surface area contributed by atoms with Crippen LogP contribution in [0.25, 0.3) is 0 Å². The van der Waals surface area contributed by atoms with Crippen molar-refractivity contribution in [3.63, 3.8) is 0 Å². The van der Waals surface area contributed by atoms with Gasteiger partial charge in [0.05, 0.1) is 19.6 Å². The second-order valence-electron chi connectivity index (χ2n) is 6.51. The molecule has 2 aliphatic heterocycles. The number of carbonyl (C=O) groups excluding carboxylic acids is 4. The predicted molar refractivity (Wildman–Crippen MR) is 100 cm³/mol. The first kappa shape index (κ1) is 22.4. The van der Waals surface area contributed by atoms with E-state index >= 15 is 0 Å². The first-order valence-electron chi connectivity index (χ1n) is 8.70. The smallest absolute Gasteiger partial charge is 0.405 e. The number of likely N-dealkylation sites (tertiary alicyclic amines) is 1. The molecule has 2 heterocycles. The molecule has 2 fully saturated rings. The van der Waals surface area contributed by atoms with Gasteiger partial charge in [-0.25, -0.2) is 28.4 Å². The van der Waals surface area contributed by atoms with Gasteiger partial charge in [0.25, 0.3) is 11.8 Å². The Kier molecular flexibility index (Phi) is 5.67. The Hall–Kier alpha value is -4.28. The number of aromatic hydroxyl groups is 2. The fraction of sp³-hybridized carbons (Fsp3) is 0.267. The van der Waals surface area contributed by atoms with Crippen molar-refractivity contribution < 1.29 is 47.7 Å². The third kappa shape index (κ3) is 4.26.